The number of thioether (sulfide) groups is 1. The average Bonchev–Trinajstić information content (AvgIpc) is 3.54. The number of rotatable bonds is 9. The molecule has 0 radical (unpaired) electrons. The van der Waals surface area contributed by atoms with Crippen LogP contribution >= 0.6 is 11.8 Å². The van der Waals surface area contributed by atoms with E-state index in [9.17, 15) is 14.4 Å². The zero-order valence-corrected chi connectivity index (χ0v) is 19.4. The highest BCUT2D eigenvalue weighted by Crippen LogP contribution is 2.36. The third kappa shape index (κ3) is 4.91. The van der Waals surface area contributed by atoms with Gasteiger partial charge in [0.05, 0.1) is 17.7 Å². The van der Waals surface area contributed by atoms with Gasteiger partial charge in [-0.05, 0) is 39.0 Å². The standard InChI is InChI=1S/C22H21N3O8S/c1-4-29-21(28)19-12(3)23-11(2)18(19)14(26)8-30-17(27)9-34-22-25-24-20(33-22)13-5-6-15-16(7-13)32-10-31-15/h5-7,23H,4,8-10H2,1-3H3. The van der Waals surface area contributed by atoms with Crippen LogP contribution in [0.1, 0.15) is 39.0 Å². The lowest BCUT2D eigenvalue weighted by atomic mass is 10.1. The fourth-order valence-corrected chi connectivity index (χ4v) is 3.94. The van der Waals surface area contributed by atoms with Gasteiger partial charge in [0, 0.05) is 17.0 Å². The first-order chi connectivity index (χ1) is 16.4. The fraction of sp³-hybridized carbons (Fsp3) is 0.318. The van der Waals surface area contributed by atoms with Crippen LogP contribution in [0.2, 0.25) is 0 Å². The number of aromatic nitrogens is 3. The maximum atomic E-state index is 12.7. The van der Waals surface area contributed by atoms with E-state index < -0.39 is 24.3 Å². The second-order valence-electron chi connectivity index (χ2n) is 7.16. The Hall–Kier alpha value is -3.80. The monoisotopic (exact) mass is 487 g/mol. The Balaban J connectivity index is 1.32. The second-order valence-corrected chi connectivity index (χ2v) is 8.09. The molecule has 178 valence electrons. The molecule has 4 rings (SSSR count). The molecule has 2 aromatic heterocycles. The summed E-state index contributed by atoms with van der Waals surface area (Å²) < 4.78 is 26.3. The highest BCUT2D eigenvalue weighted by Gasteiger charge is 2.26. The van der Waals surface area contributed by atoms with Crippen molar-refractivity contribution in [2.24, 2.45) is 0 Å². The van der Waals surface area contributed by atoms with E-state index in [1.54, 1.807) is 39.0 Å². The summed E-state index contributed by atoms with van der Waals surface area (Å²) in [4.78, 5) is 40.0. The first-order valence-electron chi connectivity index (χ1n) is 10.3. The Labute approximate surface area is 198 Å². The summed E-state index contributed by atoms with van der Waals surface area (Å²) in [7, 11) is 0. The molecule has 11 nitrogen and oxygen atoms in total. The summed E-state index contributed by atoms with van der Waals surface area (Å²) >= 11 is 0.977. The van der Waals surface area contributed by atoms with Crippen LogP contribution in [0.25, 0.3) is 11.5 Å². The third-order valence-electron chi connectivity index (χ3n) is 4.84. The van der Waals surface area contributed by atoms with Gasteiger partial charge in [0.25, 0.3) is 5.22 Å². The topological polar surface area (TPSA) is 143 Å². The van der Waals surface area contributed by atoms with Gasteiger partial charge in [-0.3, -0.25) is 9.59 Å². The number of ketones is 1. The predicted molar refractivity (Wildman–Crippen MR) is 118 cm³/mol. The molecule has 3 aromatic rings. The van der Waals surface area contributed by atoms with E-state index in [-0.39, 0.29) is 41.4 Å². The van der Waals surface area contributed by atoms with Crippen LogP contribution in [0.15, 0.2) is 27.8 Å². The van der Waals surface area contributed by atoms with Gasteiger partial charge < -0.3 is 28.3 Å². The van der Waals surface area contributed by atoms with Crippen LogP contribution in [0.3, 0.4) is 0 Å². The van der Waals surface area contributed by atoms with E-state index in [0.717, 1.165) is 11.8 Å². The first kappa shape index (κ1) is 23.4. The molecule has 0 bridgehead atoms. The quantitative estimate of drug-likeness (QED) is 0.270. The number of benzene rings is 1. The molecule has 1 aliphatic rings. The van der Waals surface area contributed by atoms with Crippen LogP contribution in [-0.4, -0.2) is 58.7 Å². The molecule has 1 N–H and O–H groups in total. The molecule has 0 saturated carbocycles. The summed E-state index contributed by atoms with van der Waals surface area (Å²) in [6, 6.07) is 5.22. The lowest BCUT2D eigenvalue weighted by molar-refractivity contribution is -0.139. The molecule has 0 unspecified atom stereocenters. The van der Waals surface area contributed by atoms with Gasteiger partial charge in [-0.15, -0.1) is 10.2 Å². The number of esters is 2. The number of Topliss-reactive ketones (excluding diaryl/α,β-unsaturated/α-hetero) is 1. The summed E-state index contributed by atoms with van der Waals surface area (Å²) in [6.07, 6.45) is 0. The molecular formula is C22H21N3O8S. The van der Waals surface area contributed by atoms with Crippen LogP contribution < -0.4 is 9.47 Å². The number of nitrogens with zero attached hydrogens (tertiary/aromatic N) is 2. The summed E-state index contributed by atoms with van der Waals surface area (Å²) in [5, 5.41) is 8.04. The zero-order valence-electron chi connectivity index (χ0n) is 18.6. The van der Waals surface area contributed by atoms with Gasteiger partial charge in [-0.25, -0.2) is 4.79 Å². The SMILES string of the molecule is CCOC(=O)c1c(C)[nH]c(C)c1C(=O)COC(=O)CSc1nnc(-c2ccc3c(c2)OCO3)o1. The smallest absolute Gasteiger partial charge is 0.340 e. The van der Waals surface area contributed by atoms with Gasteiger partial charge in [0.1, 0.15) is 5.75 Å². The first-order valence-corrected chi connectivity index (χ1v) is 11.3. The van der Waals surface area contributed by atoms with E-state index in [4.69, 9.17) is 23.4 Å². The molecule has 0 saturated heterocycles. The van der Waals surface area contributed by atoms with E-state index in [0.29, 0.717) is 28.5 Å². The maximum Gasteiger partial charge on any atom is 0.340 e. The second kappa shape index (κ2) is 10.00. The highest BCUT2D eigenvalue weighted by molar-refractivity contribution is 7.99. The molecule has 0 amide bonds. The van der Waals surface area contributed by atoms with E-state index >= 15 is 0 Å². The molecule has 0 atom stereocenters. The average molecular weight is 487 g/mol. The summed E-state index contributed by atoms with van der Waals surface area (Å²) in [5.74, 6) is -0.439. The van der Waals surface area contributed by atoms with E-state index in [1.165, 1.54) is 0 Å². The number of carbonyl (C=O) groups is 3. The number of ether oxygens (including phenoxy) is 4. The van der Waals surface area contributed by atoms with E-state index in [2.05, 4.69) is 15.2 Å². The molecule has 0 aliphatic carbocycles. The lowest BCUT2D eigenvalue weighted by Gasteiger charge is -2.06. The zero-order chi connectivity index (χ0) is 24.2. The van der Waals surface area contributed by atoms with Crippen LogP contribution in [0.5, 0.6) is 11.5 Å². The Kier molecular flexibility index (Phi) is 6.87. The lowest BCUT2D eigenvalue weighted by Crippen LogP contribution is -2.19. The van der Waals surface area contributed by atoms with Crippen molar-refractivity contribution in [2.75, 3.05) is 25.8 Å². The number of fused-ring (bicyclic) bond motifs is 1. The molecular weight excluding hydrogens is 466 g/mol. The van der Waals surface area contributed by atoms with Crippen molar-refractivity contribution in [1.82, 2.24) is 15.2 Å². The molecule has 12 heteroatoms. The number of hydrogen-bond acceptors (Lipinski definition) is 11. The van der Waals surface area contributed by atoms with Gasteiger partial charge in [-0.2, -0.15) is 0 Å². The minimum absolute atomic E-state index is 0.147. The molecule has 1 aromatic carbocycles. The number of hydrogen-bond donors (Lipinski definition) is 1. The van der Waals surface area contributed by atoms with Crippen molar-refractivity contribution in [1.29, 1.82) is 0 Å². The minimum atomic E-state index is -0.649. The van der Waals surface area contributed by atoms with Crippen LogP contribution in [0.4, 0.5) is 0 Å². The third-order valence-corrected chi connectivity index (χ3v) is 5.63. The molecule has 0 spiro atoms. The van der Waals surface area contributed by atoms with Crippen LogP contribution in [0, 0.1) is 13.8 Å². The Bertz CT molecular complexity index is 1250. The van der Waals surface area contributed by atoms with Crippen molar-refractivity contribution in [3.8, 4) is 23.0 Å². The van der Waals surface area contributed by atoms with E-state index in [1.807, 2.05) is 0 Å². The van der Waals surface area contributed by atoms with Crippen molar-refractivity contribution in [3.63, 3.8) is 0 Å². The highest BCUT2D eigenvalue weighted by atomic mass is 32.2. The molecule has 1 aliphatic heterocycles. The largest absolute Gasteiger partial charge is 0.462 e. The minimum Gasteiger partial charge on any atom is -0.462 e. The summed E-state index contributed by atoms with van der Waals surface area (Å²) in [6.45, 7) is 4.82. The Morgan fingerprint density at radius 1 is 1.06 bits per heavy atom. The number of aromatic amines is 1. The number of aryl methyl sites for hydroxylation is 2. The van der Waals surface area contributed by atoms with Crippen molar-refractivity contribution in [2.45, 2.75) is 26.0 Å². The number of H-pyrrole nitrogens is 1. The Morgan fingerprint density at radius 3 is 2.62 bits per heavy atom. The number of carbonyl (C=O) groups excluding carboxylic acids is 3. The van der Waals surface area contributed by atoms with Crippen molar-refractivity contribution >= 4 is 29.5 Å². The number of nitrogens with one attached hydrogen (secondary N) is 1. The molecule has 3 heterocycles. The van der Waals surface area contributed by atoms with Gasteiger partial charge in [-0.1, -0.05) is 11.8 Å². The van der Waals surface area contributed by atoms with Gasteiger partial charge >= 0.3 is 11.9 Å². The fourth-order valence-electron chi connectivity index (χ4n) is 3.38. The molecule has 34 heavy (non-hydrogen) atoms. The predicted octanol–water partition coefficient (Wildman–Crippen LogP) is 3.11. The molecule has 0 fully saturated rings. The maximum absolute atomic E-state index is 12.7. The summed E-state index contributed by atoms with van der Waals surface area (Å²) in [5.41, 5.74) is 1.96. The normalized spacial score (nSPS) is 12.0. The van der Waals surface area contributed by atoms with Crippen molar-refractivity contribution < 1.29 is 37.7 Å². The van der Waals surface area contributed by atoms with Crippen molar-refractivity contribution in [3.05, 3.63) is 40.7 Å². The van der Waals surface area contributed by atoms with Crippen LogP contribution in [-0.2, 0) is 14.3 Å². The van der Waals surface area contributed by atoms with Gasteiger partial charge in [0.15, 0.2) is 18.1 Å². The van der Waals surface area contributed by atoms with Gasteiger partial charge in [0.2, 0.25) is 18.5 Å². The Morgan fingerprint density at radius 2 is 1.82 bits per heavy atom.